The molecule has 0 spiro atoms. The molecular weight excluding hydrogens is 646 g/mol. The number of phenols is 1. The molecule has 276 valence electrons. The van der Waals surface area contributed by atoms with Crippen molar-refractivity contribution in [2.45, 2.75) is 115 Å². The Morgan fingerprint density at radius 1 is 0.860 bits per heavy atom. The standard InChI is InChI=1S/C34H53N9O7/c1-20(39-21(2)44)30(47)42-27(19-22-8-4-3-5-9-22)33(50)43-17-7-11-28(43)32(49)41-26(18-23-12-14-24(45)15-13-23)31(48)40-25(29(35)46)10-6-16-38-34(36)37/h12-15,20,22,25-28,45H,3-11,16-19H2,1-2H3,(H2,35,46)(H,39,44)(H,40,48)(H,41,49)(H,42,47)(H4,36,37,38)/t20-,25-,26+,27-,28+/m0/s1. The van der Waals surface area contributed by atoms with E-state index in [4.69, 9.17) is 17.2 Å². The third-order valence-electron chi connectivity index (χ3n) is 9.17. The Morgan fingerprint density at radius 3 is 2.14 bits per heavy atom. The molecule has 0 aromatic heterocycles. The molecule has 11 N–H and O–H groups in total. The van der Waals surface area contributed by atoms with Crippen LogP contribution >= 0.6 is 0 Å². The summed E-state index contributed by atoms with van der Waals surface area (Å²) >= 11 is 0. The second-order valence-electron chi connectivity index (χ2n) is 13.3. The van der Waals surface area contributed by atoms with Gasteiger partial charge in [0.2, 0.25) is 35.4 Å². The fraction of sp³-hybridized carbons (Fsp3) is 0.618. The van der Waals surface area contributed by atoms with Crippen LogP contribution in [0.15, 0.2) is 29.3 Å². The van der Waals surface area contributed by atoms with Crippen molar-refractivity contribution in [3.05, 3.63) is 29.8 Å². The molecule has 1 aromatic rings. The van der Waals surface area contributed by atoms with Crippen molar-refractivity contribution in [1.29, 1.82) is 0 Å². The van der Waals surface area contributed by atoms with E-state index in [1.807, 2.05) is 0 Å². The molecule has 1 aliphatic heterocycles. The molecule has 1 saturated heterocycles. The Morgan fingerprint density at radius 2 is 1.52 bits per heavy atom. The molecule has 0 unspecified atom stereocenters. The fourth-order valence-corrected chi connectivity index (χ4v) is 6.55. The summed E-state index contributed by atoms with van der Waals surface area (Å²) in [4.78, 5) is 83.8. The maximum atomic E-state index is 14.1. The van der Waals surface area contributed by atoms with E-state index in [0.717, 1.165) is 32.1 Å². The van der Waals surface area contributed by atoms with Crippen LogP contribution in [0.3, 0.4) is 0 Å². The van der Waals surface area contributed by atoms with E-state index in [2.05, 4.69) is 26.3 Å². The first-order valence-electron chi connectivity index (χ1n) is 17.4. The average Bonchev–Trinajstić information content (AvgIpc) is 3.56. The highest BCUT2D eigenvalue weighted by molar-refractivity contribution is 5.96. The summed E-state index contributed by atoms with van der Waals surface area (Å²) in [7, 11) is 0. The monoisotopic (exact) mass is 699 g/mol. The van der Waals surface area contributed by atoms with Gasteiger partial charge in [-0.2, -0.15) is 0 Å². The Hall–Kier alpha value is -4.89. The highest BCUT2D eigenvalue weighted by atomic mass is 16.3. The molecule has 16 nitrogen and oxygen atoms in total. The Balaban J connectivity index is 1.80. The summed E-state index contributed by atoms with van der Waals surface area (Å²) < 4.78 is 0. The summed E-state index contributed by atoms with van der Waals surface area (Å²) in [5, 5.41) is 20.5. The van der Waals surface area contributed by atoms with Crippen molar-refractivity contribution in [3.63, 3.8) is 0 Å². The zero-order chi connectivity index (χ0) is 36.8. The summed E-state index contributed by atoms with van der Waals surface area (Å²) in [5.41, 5.74) is 16.9. The predicted octanol–water partition coefficient (Wildman–Crippen LogP) is -0.586. The van der Waals surface area contributed by atoms with Crippen LogP contribution in [-0.2, 0) is 35.2 Å². The molecular formula is C34H53N9O7. The van der Waals surface area contributed by atoms with E-state index in [0.29, 0.717) is 31.2 Å². The normalized spacial score (nSPS) is 18.5. The van der Waals surface area contributed by atoms with Crippen LogP contribution in [0, 0.1) is 5.92 Å². The van der Waals surface area contributed by atoms with Gasteiger partial charge in [0, 0.05) is 26.4 Å². The van der Waals surface area contributed by atoms with Gasteiger partial charge in [0.05, 0.1) is 0 Å². The van der Waals surface area contributed by atoms with Crippen molar-refractivity contribution in [2.24, 2.45) is 28.1 Å². The highest BCUT2D eigenvalue weighted by Gasteiger charge is 2.40. The third kappa shape index (κ3) is 12.5. The maximum Gasteiger partial charge on any atom is 0.245 e. The maximum absolute atomic E-state index is 14.1. The summed E-state index contributed by atoms with van der Waals surface area (Å²) in [5.74, 6) is -3.14. The number of aliphatic imine (C=N–C) groups is 1. The van der Waals surface area contributed by atoms with Crippen molar-refractivity contribution in [3.8, 4) is 5.75 Å². The van der Waals surface area contributed by atoms with Crippen molar-refractivity contribution in [1.82, 2.24) is 26.2 Å². The molecule has 1 heterocycles. The number of likely N-dealkylation sites (tertiary alicyclic amines) is 1. The predicted molar refractivity (Wildman–Crippen MR) is 186 cm³/mol. The second kappa shape index (κ2) is 19.3. The number of phenolic OH excluding ortho intramolecular Hbond substituents is 1. The molecule has 3 rings (SSSR count). The lowest BCUT2D eigenvalue weighted by Crippen LogP contribution is -2.59. The van der Waals surface area contributed by atoms with Gasteiger partial charge < -0.3 is 48.5 Å². The number of amides is 6. The fourth-order valence-electron chi connectivity index (χ4n) is 6.55. The van der Waals surface area contributed by atoms with Gasteiger partial charge in [0.1, 0.15) is 36.0 Å². The summed E-state index contributed by atoms with van der Waals surface area (Å²) in [6.07, 6.45) is 6.84. The first-order valence-corrected chi connectivity index (χ1v) is 17.4. The van der Waals surface area contributed by atoms with E-state index < -0.39 is 59.7 Å². The van der Waals surface area contributed by atoms with Crippen LogP contribution in [0.2, 0.25) is 0 Å². The minimum Gasteiger partial charge on any atom is -0.508 e. The minimum absolute atomic E-state index is 0.0133. The number of nitrogens with two attached hydrogens (primary N) is 3. The molecule has 0 bridgehead atoms. The van der Waals surface area contributed by atoms with Gasteiger partial charge in [0.15, 0.2) is 5.96 Å². The summed E-state index contributed by atoms with van der Waals surface area (Å²) in [6.45, 7) is 3.34. The number of hydrogen-bond acceptors (Lipinski definition) is 8. The molecule has 2 aliphatic rings. The molecule has 1 aliphatic carbocycles. The van der Waals surface area contributed by atoms with Gasteiger partial charge in [-0.15, -0.1) is 0 Å². The molecule has 2 fully saturated rings. The number of rotatable bonds is 17. The van der Waals surface area contributed by atoms with Crippen LogP contribution in [-0.4, -0.2) is 94.7 Å². The number of nitrogens with zero attached hydrogens (tertiary/aromatic N) is 2. The first-order chi connectivity index (χ1) is 23.7. The lowest BCUT2D eigenvalue weighted by molar-refractivity contribution is -0.143. The molecule has 1 aromatic carbocycles. The lowest BCUT2D eigenvalue weighted by atomic mass is 9.84. The molecule has 50 heavy (non-hydrogen) atoms. The first kappa shape index (κ1) is 39.5. The molecule has 16 heteroatoms. The van der Waals surface area contributed by atoms with Gasteiger partial charge in [0.25, 0.3) is 0 Å². The number of primary amides is 1. The van der Waals surface area contributed by atoms with Gasteiger partial charge in [-0.3, -0.25) is 33.8 Å². The lowest BCUT2D eigenvalue weighted by Gasteiger charge is -2.32. The number of benzene rings is 1. The number of aromatic hydroxyl groups is 1. The number of nitrogens with one attached hydrogen (secondary N) is 4. The highest BCUT2D eigenvalue weighted by Crippen LogP contribution is 2.29. The average molecular weight is 700 g/mol. The molecule has 6 amide bonds. The van der Waals surface area contributed by atoms with Crippen molar-refractivity contribution in [2.75, 3.05) is 13.1 Å². The molecule has 0 radical (unpaired) electrons. The van der Waals surface area contributed by atoms with Crippen LogP contribution in [0.4, 0.5) is 0 Å². The topological polar surface area (TPSA) is 264 Å². The zero-order valence-corrected chi connectivity index (χ0v) is 29.0. The van der Waals surface area contributed by atoms with Crippen LogP contribution < -0.4 is 38.5 Å². The quantitative estimate of drug-likeness (QED) is 0.0586. The van der Waals surface area contributed by atoms with E-state index in [1.54, 1.807) is 12.1 Å². The van der Waals surface area contributed by atoms with Gasteiger partial charge in [-0.05, 0) is 62.6 Å². The number of guanidine groups is 1. The number of hydrogen-bond donors (Lipinski definition) is 8. The van der Waals surface area contributed by atoms with Crippen LogP contribution in [0.1, 0.15) is 83.6 Å². The van der Waals surface area contributed by atoms with Crippen molar-refractivity contribution < 1.29 is 33.9 Å². The van der Waals surface area contributed by atoms with Crippen molar-refractivity contribution >= 4 is 41.4 Å². The van der Waals surface area contributed by atoms with E-state index in [9.17, 15) is 33.9 Å². The minimum atomic E-state index is -1.17. The third-order valence-corrected chi connectivity index (χ3v) is 9.17. The SMILES string of the molecule is CC(=O)N[C@@H](C)C(=O)N[C@@H](CC1CCCCC1)C(=O)N1CCC[C@@H]1C(=O)N[C@H](Cc1ccc(O)cc1)C(=O)N[C@@H](CCCN=C(N)N)C(N)=O. The summed E-state index contributed by atoms with van der Waals surface area (Å²) in [6, 6.07) is 1.21. The van der Waals surface area contributed by atoms with E-state index >= 15 is 0 Å². The van der Waals surface area contributed by atoms with Crippen LogP contribution in [0.25, 0.3) is 0 Å². The Bertz CT molecular complexity index is 1380. The smallest absolute Gasteiger partial charge is 0.245 e. The van der Waals surface area contributed by atoms with Gasteiger partial charge >= 0.3 is 0 Å². The number of carbonyl (C=O) groups excluding carboxylic acids is 6. The molecule has 5 atom stereocenters. The largest absolute Gasteiger partial charge is 0.508 e. The second-order valence-corrected chi connectivity index (χ2v) is 13.3. The molecule has 1 saturated carbocycles. The number of carbonyl (C=O) groups is 6. The van der Waals surface area contributed by atoms with E-state index in [1.165, 1.54) is 30.9 Å². The van der Waals surface area contributed by atoms with E-state index in [-0.39, 0.29) is 49.5 Å². The zero-order valence-electron chi connectivity index (χ0n) is 29.0. The van der Waals surface area contributed by atoms with Crippen LogP contribution in [0.5, 0.6) is 5.75 Å². The van der Waals surface area contributed by atoms with Gasteiger partial charge in [-0.1, -0.05) is 44.2 Å². The van der Waals surface area contributed by atoms with Gasteiger partial charge in [-0.25, -0.2) is 0 Å². The Labute approximate surface area is 292 Å². The Kier molecular flexibility index (Phi) is 15.3.